The molecule has 3 N–H and O–H groups in total. The summed E-state index contributed by atoms with van der Waals surface area (Å²) < 4.78 is 4.66. The fraction of sp³-hybridized carbons (Fsp3) is 0.400. The van der Waals surface area contributed by atoms with Crippen LogP contribution >= 0.6 is 34.5 Å². The van der Waals surface area contributed by atoms with Crippen molar-refractivity contribution < 1.29 is 19.4 Å². The van der Waals surface area contributed by atoms with Crippen molar-refractivity contribution in [3.8, 4) is 0 Å². The molecule has 3 heterocycles. The van der Waals surface area contributed by atoms with Gasteiger partial charge in [0, 0.05) is 18.8 Å². The summed E-state index contributed by atoms with van der Waals surface area (Å²) in [7, 11) is 1.30. The van der Waals surface area contributed by atoms with Gasteiger partial charge in [-0.3, -0.25) is 4.79 Å². The van der Waals surface area contributed by atoms with E-state index in [9.17, 15) is 14.7 Å². The molecule has 0 radical (unpaired) electrons. The Bertz CT molecular complexity index is 853. The fourth-order valence-corrected chi connectivity index (χ4v) is 3.93. The molecule has 140 valence electrons. The Hall–Kier alpha value is -1.81. The normalized spacial score (nSPS) is 19.7. The quantitative estimate of drug-likeness (QED) is 0.653. The Balaban J connectivity index is 1.69. The predicted octanol–water partition coefficient (Wildman–Crippen LogP) is 1.85. The fourth-order valence-electron chi connectivity index (χ4n) is 2.66. The molecule has 0 aliphatic carbocycles. The number of aromatic nitrogens is 2. The average Bonchev–Trinajstić information content (AvgIpc) is 3.30. The van der Waals surface area contributed by atoms with Gasteiger partial charge in [-0.25, -0.2) is 9.78 Å². The van der Waals surface area contributed by atoms with E-state index in [0.29, 0.717) is 27.3 Å². The highest BCUT2D eigenvalue weighted by molar-refractivity contribution is 7.17. The van der Waals surface area contributed by atoms with E-state index in [2.05, 4.69) is 20.0 Å². The van der Waals surface area contributed by atoms with Crippen molar-refractivity contribution in [2.24, 2.45) is 0 Å². The van der Waals surface area contributed by atoms with Gasteiger partial charge in [0.15, 0.2) is 5.13 Å². The van der Waals surface area contributed by atoms with E-state index in [1.165, 1.54) is 13.3 Å². The Morgan fingerprint density at radius 2 is 2.15 bits per heavy atom. The van der Waals surface area contributed by atoms with Crippen LogP contribution in [-0.2, 0) is 4.74 Å². The number of nitrogens with zero attached hydrogens (tertiary/aromatic N) is 2. The first-order valence-electron chi connectivity index (χ1n) is 7.63. The maximum Gasteiger partial charge on any atom is 0.349 e. The van der Waals surface area contributed by atoms with Gasteiger partial charge < -0.3 is 25.0 Å². The number of thiazole rings is 1. The molecule has 0 bridgehead atoms. The number of amides is 1. The number of rotatable bonds is 4. The molecule has 1 aliphatic heterocycles. The molecule has 0 unspecified atom stereocenters. The van der Waals surface area contributed by atoms with Gasteiger partial charge in [-0.2, -0.15) is 0 Å². The van der Waals surface area contributed by atoms with E-state index in [1.54, 1.807) is 11.8 Å². The van der Waals surface area contributed by atoms with Gasteiger partial charge in [-0.1, -0.05) is 34.5 Å². The monoisotopic (exact) mass is 418 g/mol. The number of hydrogen-bond acceptors (Lipinski definition) is 7. The minimum absolute atomic E-state index is 0.147. The highest BCUT2D eigenvalue weighted by Gasteiger charge is 2.35. The van der Waals surface area contributed by atoms with Crippen LogP contribution in [0.25, 0.3) is 0 Å². The van der Waals surface area contributed by atoms with Gasteiger partial charge in [0.2, 0.25) is 0 Å². The molecule has 26 heavy (non-hydrogen) atoms. The van der Waals surface area contributed by atoms with E-state index in [0.717, 1.165) is 11.3 Å². The molecule has 11 heteroatoms. The SMILES string of the molecule is COC(=O)c1cnc(N2C[C@H](NC(=O)c3[nH]c(C)c(Cl)c3Cl)[C@@H](O)C2)s1. The minimum Gasteiger partial charge on any atom is -0.465 e. The molecule has 1 aliphatic rings. The van der Waals surface area contributed by atoms with Crippen molar-refractivity contribution in [1.29, 1.82) is 0 Å². The number of β-amino-alcohol motifs (C(OH)–C–C–N with tert-alkyl or cyclic N) is 1. The zero-order valence-corrected chi connectivity index (χ0v) is 16.2. The highest BCUT2D eigenvalue weighted by atomic mass is 35.5. The van der Waals surface area contributed by atoms with Crippen LogP contribution in [0.15, 0.2) is 6.20 Å². The summed E-state index contributed by atoms with van der Waals surface area (Å²) in [5.41, 5.74) is 0.746. The third-order valence-electron chi connectivity index (χ3n) is 4.04. The summed E-state index contributed by atoms with van der Waals surface area (Å²) in [6, 6.07) is -0.522. The largest absolute Gasteiger partial charge is 0.465 e. The molecule has 1 amide bonds. The van der Waals surface area contributed by atoms with Gasteiger partial charge >= 0.3 is 5.97 Å². The number of methoxy groups -OCH3 is 1. The summed E-state index contributed by atoms with van der Waals surface area (Å²) in [5, 5.41) is 14.0. The maximum atomic E-state index is 12.4. The number of nitrogens with one attached hydrogen (secondary N) is 2. The van der Waals surface area contributed by atoms with Crippen molar-refractivity contribution in [2.75, 3.05) is 25.1 Å². The molecule has 2 aromatic heterocycles. The number of aliphatic hydroxyl groups is 1. The average molecular weight is 419 g/mol. The van der Waals surface area contributed by atoms with Gasteiger partial charge in [0.25, 0.3) is 5.91 Å². The first kappa shape index (κ1) is 19.0. The summed E-state index contributed by atoms with van der Waals surface area (Å²) >= 11 is 13.2. The van der Waals surface area contributed by atoms with Gasteiger partial charge in [0.1, 0.15) is 10.6 Å². The number of H-pyrrole nitrogens is 1. The molecule has 0 aromatic carbocycles. The van der Waals surface area contributed by atoms with Crippen molar-refractivity contribution in [3.05, 3.63) is 32.5 Å². The maximum absolute atomic E-state index is 12.4. The van der Waals surface area contributed by atoms with Crippen LogP contribution in [0, 0.1) is 6.92 Å². The summed E-state index contributed by atoms with van der Waals surface area (Å²) in [6.07, 6.45) is 0.628. The molecule has 1 fully saturated rings. The number of esters is 1. The van der Waals surface area contributed by atoms with Gasteiger partial charge in [-0.05, 0) is 6.92 Å². The Morgan fingerprint density at radius 3 is 2.77 bits per heavy atom. The number of ether oxygens (including phenoxy) is 1. The Labute approximate surface area is 163 Å². The molecule has 2 aromatic rings. The van der Waals surface area contributed by atoms with Crippen molar-refractivity contribution in [2.45, 2.75) is 19.1 Å². The number of carbonyl (C=O) groups excluding carboxylic acids is 2. The summed E-state index contributed by atoms with van der Waals surface area (Å²) in [6.45, 7) is 2.32. The standard InChI is InChI=1S/C15H16Cl2N4O4S/c1-6-10(16)11(17)12(19-6)13(23)20-7-4-21(5-8(7)22)15-18-3-9(26-15)14(24)25-2/h3,7-8,19,22H,4-5H2,1-2H3,(H,20,23)/t7-,8-/m0/s1. The third kappa shape index (κ3) is 3.52. The second-order valence-electron chi connectivity index (χ2n) is 5.80. The van der Waals surface area contributed by atoms with Crippen molar-refractivity contribution in [3.63, 3.8) is 0 Å². The van der Waals surface area contributed by atoms with Crippen LogP contribution in [0.3, 0.4) is 0 Å². The number of aryl methyl sites for hydroxylation is 1. The predicted molar refractivity (Wildman–Crippen MR) is 98.5 cm³/mol. The lowest BCUT2D eigenvalue weighted by atomic mass is 10.2. The number of halogens is 2. The lowest BCUT2D eigenvalue weighted by molar-refractivity contribution is 0.0606. The van der Waals surface area contributed by atoms with E-state index in [4.69, 9.17) is 23.2 Å². The van der Waals surface area contributed by atoms with Crippen LogP contribution in [0.5, 0.6) is 0 Å². The number of anilines is 1. The lowest BCUT2D eigenvalue weighted by Crippen LogP contribution is -2.43. The molecule has 3 rings (SSSR count). The van der Waals surface area contributed by atoms with E-state index < -0.39 is 24.0 Å². The summed E-state index contributed by atoms with van der Waals surface area (Å²) in [4.78, 5) is 33.1. The van der Waals surface area contributed by atoms with Crippen LogP contribution in [0.1, 0.15) is 25.9 Å². The molecule has 0 saturated carbocycles. The van der Waals surface area contributed by atoms with Crippen LogP contribution in [-0.4, -0.2) is 59.3 Å². The van der Waals surface area contributed by atoms with Gasteiger partial charge in [-0.15, -0.1) is 0 Å². The molecule has 0 spiro atoms. The van der Waals surface area contributed by atoms with Crippen LogP contribution in [0.2, 0.25) is 10.0 Å². The smallest absolute Gasteiger partial charge is 0.349 e. The van der Waals surface area contributed by atoms with E-state index >= 15 is 0 Å². The molecular formula is C15H16Cl2N4O4S. The van der Waals surface area contributed by atoms with Crippen LogP contribution < -0.4 is 10.2 Å². The highest BCUT2D eigenvalue weighted by Crippen LogP contribution is 2.30. The van der Waals surface area contributed by atoms with Crippen molar-refractivity contribution in [1.82, 2.24) is 15.3 Å². The number of aromatic amines is 1. The lowest BCUT2D eigenvalue weighted by Gasteiger charge is -2.15. The first-order valence-corrected chi connectivity index (χ1v) is 9.20. The second kappa shape index (κ2) is 7.43. The first-order chi connectivity index (χ1) is 12.3. The molecule has 8 nitrogen and oxygen atoms in total. The van der Waals surface area contributed by atoms with E-state index in [1.807, 2.05) is 0 Å². The number of aliphatic hydroxyl groups excluding tert-OH is 1. The zero-order valence-electron chi connectivity index (χ0n) is 13.9. The van der Waals surface area contributed by atoms with E-state index in [-0.39, 0.29) is 17.3 Å². The Kier molecular flexibility index (Phi) is 5.42. The minimum atomic E-state index is -0.797. The Morgan fingerprint density at radius 1 is 1.42 bits per heavy atom. The summed E-state index contributed by atoms with van der Waals surface area (Å²) in [5.74, 6) is -0.919. The molecule has 2 atom stereocenters. The molecular weight excluding hydrogens is 403 g/mol. The molecule has 1 saturated heterocycles. The van der Waals surface area contributed by atoms with Crippen molar-refractivity contribution >= 4 is 51.5 Å². The number of hydrogen-bond donors (Lipinski definition) is 3. The van der Waals surface area contributed by atoms with Gasteiger partial charge in [0.05, 0.1) is 35.5 Å². The topological polar surface area (TPSA) is 108 Å². The second-order valence-corrected chi connectivity index (χ2v) is 7.57. The van der Waals surface area contributed by atoms with Crippen LogP contribution in [0.4, 0.5) is 5.13 Å². The third-order valence-corrected chi connectivity index (χ3v) is 6.02. The zero-order chi connectivity index (χ0) is 19.0. The number of carbonyl (C=O) groups is 2.